The SMILES string of the molecule is CCCn1nc(C(=O)OCC(=O)NC(C)c2cccs2)ccc1=O. The lowest BCUT2D eigenvalue weighted by Gasteiger charge is -2.12. The Morgan fingerprint density at radius 2 is 2.17 bits per heavy atom. The largest absolute Gasteiger partial charge is 0.451 e. The van der Waals surface area contributed by atoms with Crippen molar-refractivity contribution in [3.63, 3.8) is 0 Å². The van der Waals surface area contributed by atoms with E-state index in [9.17, 15) is 14.4 Å². The van der Waals surface area contributed by atoms with Gasteiger partial charge in [-0.2, -0.15) is 5.10 Å². The van der Waals surface area contributed by atoms with Crippen LogP contribution >= 0.6 is 11.3 Å². The molecular weight excluding hydrogens is 330 g/mol. The van der Waals surface area contributed by atoms with Crippen LogP contribution in [0.3, 0.4) is 0 Å². The summed E-state index contributed by atoms with van der Waals surface area (Å²) in [5.74, 6) is -1.13. The van der Waals surface area contributed by atoms with E-state index in [-0.39, 0.29) is 17.3 Å². The number of carbonyl (C=O) groups is 2. The minimum atomic E-state index is -0.737. The summed E-state index contributed by atoms with van der Waals surface area (Å²) >= 11 is 1.54. The van der Waals surface area contributed by atoms with Crippen molar-refractivity contribution in [2.75, 3.05) is 6.61 Å². The molecule has 1 N–H and O–H groups in total. The molecule has 0 aromatic carbocycles. The molecule has 0 aliphatic heterocycles. The van der Waals surface area contributed by atoms with Gasteiger partial charge in [0.05, 0.1) is 6.04 Å². The first-order valence-electron chi connectivity index (χ1n) is 7.59. The number of esters is 1. The molecule has 0 saturated heterocycles. The molecule has 2 heterocycles. The van der Waals surface area contributed by atoms with Gasteiger partial charge in [-0.05, 0) is 30.9 Å². The van der Waals surface area contributed by atoms with Crippen LogP contribution in [0.5, 0.6) is 0 Å². The second kappa shape index (κ2) is 8.39. The van der Waals surface area contributed by atoms with Crippen LogP contribution in [0.1, 0.15) is 41.7 Å². The van der Waals surface area contributed by atoms with Gasteiger partial charge >= 0.3 is 5.97 Å². The van der Waals surface area contributed by atoms with Crippen molar-refractivity contribution < 1.29 is 14.3 Å². The van der Waals surface area contributed by atoms with Gasteiger partial charge < -0.3 is 10.1 Å². The van der Waals surface area contributed by atoms with Gasteiger partial charge in [0.2, 0.25) is 0 Å². The number of carbonyl (C=O) groups excluding carboxylic acids is 2. The summed E-state index contributed by atoms with van der Waals surface area (Å²) in [4.78, 5) is 36.4. The summed E-state index contributed by atoms with van der Waals surface area (Å²) < 4.78 is 6.16. The van der Waals surface area contributed by atoms with Gasteiger partial charge in [-0.3, -0.25) is 9.59 Å². The average molecular weight is 349 g/mol. The van der Waals surface area contributed by atoms with Crippen LogP contribution in [-0.2, 0) is 16.1 Å². The van der Waals surface area contributed by atoms with Gasteiger partial charge in [-0.25, -0.2) is 9.48 Å². The lowest BCUT2D eigenvalue weighted by Crippen LogP contribution is -2.31. The van der Waals surface area contributed by atoms with E-state index < -0.39 is 18.5 Å². The highest BCUT2D eigenvalue weighted by molar-refractivity contribution is 7.10. The zero-order valence-corrected chi connectivity index (χ0v) is 14.3. The van der Waals surface area contributed by atoms with Gasteiger partial charge in [0, 0.05) is 17.5 Å². The molecule has 24 heavy (non-hydrogen) atoms. The first-order chi connectivity index (χ1) is 11.5. The van der Waals surface area contributed by atoms with E-state index in [4.69, 9.17) is 4.74 Å². The van der Waals surface area contributed by atoms with Crippen LogP contribution in [-0.4, -0.2) is 28.3 Å². The molecule has 0 aliphatic carbocycles. The third-order valence-corrected chi connectivity index (χ3v) is 4.25. The number of aromatic nitrogens is 2. The van der Waals surface area contributed by atoms with E-state index in [0.29, 0.717) is 13.0 Å². The van der Waals surface area contributed by atoms with Crippen LogP contribution < -0.4 is 10.9 Å². The number of nitrogens with one attached hydrogen (secondary N) is 1. The number of thiophene rings is 1. The van der Waals surface area contributed by atoms with Crippen LogP contribution in [0, 0.1) is 0 Å². The van der Waals surface area contributed by atoms with E-state index >= 15 is 0 Å². The zero-order valence-electron chi connectivity index (χ0n) is 13.5. The molecule has 1 amide bonds. The average Bonchev–Trinajstić information content (AvgIpc) is 3.09. The highest BCUT2D eigenvalue weighted by Crippen LogP contribution is 2.17. The summed E-state index contributed by atoms with van der Waals surface area (Å²) in [6.07, 6.45) is 0.717. The molecular formula is C16H19N3O4S. The molecule has 128 valence electrons. The fourth-order valence-electron chi connectivity index (χ4n) is 2.03. The number of hydrogen-bond donors (Lipinski definition) is 1. The molecule has 0 aliphatic rings. The van der Waals surface area contributed by atoms with Crippen molar-refractivity contribution in [3.8, 4) is 0 Å². The fraction of sp³-hybridized carbons (Fsp3) is 0.375. The quantitative estimate of drug-likeness (QED) is 0.769. The first-order valence-corrected chi connectivity index (χ1v) is 8.47. The number of rotatable bonds is 7. The van der Waals surface area contributed by atoms with Crippen molar-refractivity contribution in [3.05, 3.63) is 50.6 Å². The maximum atomic E-state index is 12.0. The predicted molar refractivity (Wildman–Crippen MR) is 89.9 cm³/mol. The number of hydrogen-bond acceptors (Lipinski definition) is 6. The normalized spacial score (nSPS) is 11.8. The standard InChI is InChI=1S/C16H19N3O4S/c1-3-8-19-15(21)7-6-12(18-19)16(22)23-10-14(20)17-11(2)13-5-4-9-24-13/h4-7,9,11H,3,8,10H2,1-2H3,(H,17,20). The Morgan fingerprint density at radius 1 is 1.38 bits per heavy atom. The topological polar surface area (TPSA) is 90.3 Å². The molecule has 1 atom stereocenters. The summed E-state index contributed by atoms with van der Waals surface area (Å²) in [5.41, 5.74) is -0.280. The van der Waals surface area contributed by atoms with Crippen LogP contribution in [0.25, 0.3) is 0 Å². The molecule has 8 heteroatoms. The third-order valence-electron chi connectivity index (χ3n) is 3.19. The molecule has 1 unspecified atom stereocenters. The first kappa shape index (κ1) is 17.9. The van der Waals surface area contributed by atoms with Gasteiger partial charge in [0.25, 0.3) is 11.5 Å². The summed E-state index contributed by atoms with van der Waals surface area (Å²) in [5, 5.41) is 8.62. The van der Waals surface area contributed by atoms with Crippen LogP contribution in [0.4, 0.5) is 0 Å². The molecule has 0 fully saturated rings. The molecule has 7 nitrogen and oxygen atoms in total. The fourth-order valence-corrected chi connectivity index (χ4v) is 2.76. The minimum Gasteiger partial charge on any atom is -0.451 e. The molecule has 0 spiro atoms. The second-order valence-electron chi connectivity index (χ2n) is 5.16. The Bertz CT molecular complexity index is 755. The van der Waals surface area contributed by atoms with E-state index in [0.717, 1.165) is 4.88 Å². The Balaban J connectivity index is 1.89. The third kappa shape index (κ3) is 4.76. The molecule has 0 radical (unpaired) electrons. The van der Waals surface area contributed by atoms with E-state index in [1.54, 1.807) is 0 Å². The second-order valence-corrected chi connectivity index (χ2v) is 6.14. The number of nitrogens with zero attached hydrogens (tertiary/aromatic N) is 2. The van der Waals surface area contributed by atoms with Gasteiger partial charge in [0.1, 0.15) is 0 Å². The van der Waals surface area contributed by atoms with Crippen molar-refractivity contribution >= 4 is 23.2 Å². The van der Waals surface area contributed by atoms with Gasteiger partial charge in [-0.15, -0.1) is 11.3 Å². The number of ether oxygens (including phenoxy) is 1. The summed E-state index contributed by atoms with van der Waals surface area (Å²) in [6.45, 7) is 3.77. The van der Waals surface area contributed by atoms with Gasteiger partial charge in [-0.1, -0.05) is 13.0 Å². The van der Waals surface area contributed by atoms with Crippen molar-refractivity contribution in [1.29, 1.82) is 0 Å². The Labute approximate surface area is 143 Å². The lowest BCUT2D eigenvalue weighted by molar-refractivity contribution is -0.124. The van der Waals surface area contributed by atoms with Crippen LogP contribution in [0.2, 0.25) is 0 Å². The highest BCUT2D eigenvalue weighted by atomic mass is 32.1. The molecule has 0 saturated carbocycles. The smallest absolute Gasteiger partial charge is 0.359 e. The van der Waals surface area contributed by atoms with Crippen molar-refractivity contribution in [1.82, 2.24) is 15.1 Å². The van der Waals surface area contributed by atoms with E-state index in [1.165, 1.54) is 28.2 Å². The molecule has 2 rings (SSSR count). The minimum absolute atomic E-state index is 0.00200. The molecule has 0 bridgehead atoms. The maximum Gasteiger partial charge on any atom is 0.359 e. The molecule has 2 aromatic heterocycles. The Kier molecular flexibility index (Phi) is 6.25. The summed E-state index contributed by atoms with van der Waals surface area (Å²) in [7, 11) is 0. The Morgan fingerprint density at radius 3 is 2.83 bits per heavy atom. The number of aryl methyl sites for hydroxylation is 1. The van der Waals surface area contributed by atoms with E-state index in [2.05, 4.69) is 10.4 Å². The van der Waals surface area contributed by atoms with Gasteiger partial charge in [0.15, 0.2) is 12.3 Å². The molecule has 2 aromatic rings. The van der Waals surface area contributed by atoms with Crippen LogP contribution in [0.15, 0.2) is 34.4 Å². The van der Waals surface area contributed by atoms with Crippen molar-refractivity contribution in [2.24, 2.45) is 0 Å². The van der Waals surface area contributed by atoms with E-state index in [1.807, 2.05) is 31.4 Å². The monoisotopic (exact) mass is 349 g/mol. The maximum absolute atomic E-state index is 12.0. The predicted octanol–water partition coefficient (Wildman–Crippen LogP) is 1.75. The summed E-state index contributed by atoms with van der Waals surface area (Å²) in [6, 6.07) is 6.23. The lowest BCUT2D eigenvalue weighted by atomic mass is 10.3. The highest BCUT2D eigenvalue weighted by Gasteiger charge is 2.15. The number of amides is 1. The van der Waals surface area contributed by atoms with Crippen molar-refractivity contribution in [2.45, 2.75) is 32.9 Å². The zero-order chi connectivity index (χ0) is 17.5. The Hall–Kier alpha value is -2.48.